The molecule has 0 spiro atoms. The van der Waals surface area contributed by atoms with Crippen LogP contribution in [0.15, 0.2) is 24.3 Å². The van der Waals surface area contributed by atoms with E-state index in [0.29, 0.717) is 5.88 Å². The zero-order valence-corrected chi connectivity index (χ0v) is 12.3. The van der Waals surface area contributed by atoms with Crippen molar-refractivity contribution in [2.75, 3.05) is 25.7 Å². The van der Waals surface area contributed by atoms with Crippen LogP contribution in [0.5, 0.6) is 0 Å². The third kappa shape index (κ3) is 36.0. The van der Waals surface area contributed by atoms with E-state index < -0.39 is 0 Å². The first-order chi connectivity index (χ1) is 9.35. The van der Waals surface area contributed by atoms with Crippen molar-refractivity contribution in [3.05, 3.63) is 44.3 Å². The number of ether oxygens (including phenoxy) is 1. The second-order valence-electron chi connectivity index (χ2n) is 2.28. The summed E-state index contributed by atoms with van der Waals surface area (Å²) in [6, 6.07) is 0. The van der Waals surface area contributed by atoms with Crippen LogP contribution in [0.1, 0.15) is 0 Å². The van der Waals surface area contributed by atoms with Crippen LogP contribution in [0.4, 0.5) is 0 Å². The molecule has 0 fully saturated rings. The average Bonchev–Trinajstić information content (AvgIpc) is 2.52. The standard InChI is InChI=1S/C9H15ClO3.3CO.Fe/c10-8-9(13-7-6-12)4-2-1-3-5-11;3*1-2;/h1-4,9,11-12H,5-8H2;;;;/b3-1+,4-2+;;;;/t9-;;;;/m0..../s1. The van der Waals surface area contributed by atoms with Gasteiger partial charge < -0.3 is 14.9 Å². The molecule has 0 bridgehead atoms. The van der Waals surface area contributed by atoms with Gasteiger partial charge >= 0.3 is 33.9 Å². The van der Waals surface area contributed by atoms with E-state index in [2.05, 4.69) is 20.0 Å². The summed E-state index contributed by atoms with van der Waals surface area (Å²) in [7, 11) is 0. The minimum Gasteiger partial charge on any atom is 0 e. The number of allylic oxidation sites excluding steroid dienone is 2. The van der Waals surface area contributed by atoms with Gasteiger partial charge in [-0.2, -0.15) is 0 Å². The topological polar surface area (TPSA) is 109 Å². The maximum absolute atomic E-state index is 8.48. The number of alkyl halides is 1. The summed E-state index contributed by atoms with van der Waals surface area (Å²) in [5, 5.41) is 16.9. The van der Waals surface area contributed by atoms with Crippen LogP contribution in [-0.2, 0) is 35.8 Å². The van der Waals surface area contributed by atoms with E-state index in [4.69, 9.17) is 40.5 Å². The zero-order chi connectivity index (χ0) is 15.9. The smallest absolute Gasteiger partial charge is 0 e. The largest absolute Gasteiger partial charge is 0 e. The molecule has 0 saturated heterocycles. The molecule has 0 aromatic carbocycles. The molecule has 0 saturated carbocycles. The van der Waals surface area contributed by atoms with Crippen molar-refractivity contribution >= 4 is 11.6 Å². The maximum Gasteiger partial charge on any atom is 0 e. The number of hydrogen-bond donors (Lipinski definition) is 2. The summed E-state index contributed by atoms with van der Waals surface area (Å²) in [5.41, 5.74) is 0. The Balaban J connectivity index is -0.0000000940. The first kappa shape index (κ1) is 31.7. The molecule has 6 nitrogen and oxygen atoms in total. The monoisotopic (exact) mass is 346 g/mol. The predicted octanol–water partition coefficient (Wildman–Crippen LogP) is 0.592. The quantitative estimate of drug-likeness (QED) is 0.231. The molecule has 0 aliphatic carbocycles. The number of hydrogen-bond acceptors (Lipinski definition) is 3. The van der Waals surface area contributed by atoms with Gasteiger partial charge in [-0.05, 0) is 0 Å². The van der Waals surface area contributed by atoms with Crippen molar-refractivity contribution in [2.45, 2.75) is 6.10 Å². The van der Waals surface area contributed by atoms with Crippen LogP contribution < -0.4 is 0 Å². The van der Waals surface area contributed by atoms with Crippen LogP contribution in [0, 0.1) is 20.0 Å². The Morgan fingerprint density at radius 2 is 1.55 bits per heavy atom. The molecule has 0 rings (SSSR count). The Labute approximate surface area is 134 Å². The Kier molecular flexibility index (Phi) is 67.9. The van der Waals surface area contributed by atoms with Crippen molar-refractivity contribution < 1.29 is 46.0 Å². The Bertz CT molecular complexity index is 248. The van der Waals surface area contributed by atoms with E-state index in [1.165, 1.54) is 0 Å². The maximum atomic E-state index is 8.48. The first-order valence-electron chi connectivity index (χ1n) is 4.69. The predicted molar refractivity (Wildman–Crippen MR) is 64.7 cm³/mol. The van der Waals surface area contributed by atoms with Crippen LogP contribution in [0.25, 0.3) is 0 Å². The molecule has 0 heterocycles. The number of aliphatic hydroxyl groups excluding tert-OH is 2. The fraction of sp³-hybridized carbons (Fsp3) is 0.417. The van der Waals surface area contributed by atoms with Gasteiger partial charge in [-0.1, -0.05) is 24.3 Å². The van der Waals surface area contributed by atoms with Gasteiger partial charge in [-0.25, -0.2) is 0 Å². The van der Waals surface area contributed by atoms with Gasteiger partial charge in [-0.15, -0.1) is 11.6 Å². The summed E-state index contributed by atoms with van der Waals surface area (Å²) in [6.07, 6.45) is 6.66. The molecule has 0 aromatic heterocycles. The fourth-order valence-corrected chi connectivity index (χ4v) is 0.875. The van der Waals surface area contributed by atoms with E-state index in [1.54, 1.807) is 24.3 Å². The third-order valence-corrected chi connectivity index (χ3v) is 1.56. The van der Waals surface area contributed by atoms with Crippen LogP contribution in [0.2, 0.25) is 0 Å². The minimum absolute atomic E-state index is 0. The van der Waals surface area contributed by atoms with Crippen molar-refractivity contribution in [2.24, 2.45) is 0 Å². The van der Waals surface area contributed by atoms with Crippen molar-refractivity contribution in [3.8, 4) is 0 Å². The summed E-state index contributed by atoms with van der Waals surface area (Å²) in [4.78, 5) is 0. The van der Waals surface area contributed by atoms with Gasteiger partial charge in [0.1, 0.15) is 0 Å². The molecule has 20 heavy (non-hydrogen) atoms. The third-order valence-electron chi connectivity index (χ3n) is 1.25. The molecule has 0 amide bonds. The molecule has 0 unspecified atom stereocenters. The molecule has 2 N–H and O–H groups in total. The summed E-state index contributed by atoms with van der Waals surface area (Å²) >= 11 is 5.58. The number of rotatable bonds is 7. The zero-order valence-electron chi connectivity index (χ0n) is 10.5. The second kappa shape index (κ2) is 42.9. The molecule has 0 radical (unpaired) electrons. The van der Waals surface area contributed by atoms with E-state index in [1.807, 2.05) is 0 Å². The number of halogens is 1. The summed E-state index contributed by atoms with van der Waals surface area (Å²) in [6.45, 7) is 13.8. The van der Waals surface area contributed by atoms with Crippen LogP contribution in [-0.4, -0.2) is 42.0 Å². The van der Waals surface area contributed by atoms with Gasteiger partial charge in [0.15, 0.2) is 0 Å². The minimum atomic E-state index is -0.183. The summed E-state index contributed by atoms with van der Waals surface area (Å²) < 4.78 is 27.7. The number of aliphatic hydroxyl groups is 2. The van der Waals surface area contributed by atoms with E-state index in [0.717, 1.165) is 0 Å². The molecule has 8 heteroatoms. The van der Waals surface area contributed by atoms with Gasteiger partial charge in [-0.3, -0.25) is 0 Å². The average molecular weight is 347 g/mol. The van der Waals surface area contributed by atoms with Crippen LogP contribution in [0.3, 0.4) is 0 Å². The fourth-order valence-electron chi connectivity index (χ4n) is 0.683. The van der Waals surface area contributed by atoms with E-state index >= 15 is 0 Å². The molecule has 1 atom stereocenters. The summed E-state index contributed by atoms with van der Waals surface area (Å²) in [5.74, 6) is 0.351. The molecule has 0 aliphatic heterocycles. The molecule has 0 aliphatic rings. The van der Waals surface area contributed by atoms with Gasteiger partial charge in [0.2, 0.25) is 0 Å². The molecular formula is C12H15ClFeO6. The molecular weight excluding hydrogens is 331 g/mol. The normalized spacial score (nSPS) is 9.65. The first-order valence-corrected chi connectivity index (χ1v) is 5.22. The van der Waals surface area contributed by atoms with Crippen molar-refractivity contribution in [1.29, 1.82) is 0 Å². The Morgan fingerprint density at radius 3 is 1.90 bits per heavy atom. The second-order valence-corrected chi connectivity index (χ2v) is 2.59. The SMILES string of the molecule is OC/C=C/C=C/[C@@H](CCl)OCCO.[C-]#[O+].[C-]#[O+].[C-]#[O+].[Fe]. The van der Waals surface area contributed by atoms with E-state index in [9.17, 15) is 0 Å². The Morgan fingerprint density at radius 1 is 1.05 bits per heavy atom. The van der Waals surface area contributed by atoms with Crippen molar-refractivity contribution in [3.63, 3.8) is 0 Å². The van der Waals surface area contributed by atoms with Gasteiger partial charge in [0.25, 0.3) is 0 Å². The van der Waals surface area contributed by atoms with Gasteiger partial charge in [0.05, 0.1) is 31.8 Å². The molecule has 0 aromatic rings. The van der Waals surface area contributed by atoms with E-state index in [-0.39, 0.29) is 43.0 Å². The van der Waals surface area contributed by atoms with Crippen molar-refractivity contribution in [1.82, 2.24) is 0 Å². The van der Waals surface area contributed by atoms with Gasteiger partial charge in [0, 0.05) is 17.1 Å². The Hall–Kier alpha value is -0.611. The van der Waals surface area contributed by atoms with Crippen LogP contribution >= 0.6 is 11.6 Å². The molecule has 114 valence electrons.